The Hall–Kier alpha value is 0.110. The predicted molar refractivity (Wildman–Crippen MR) is 34.8 cm³/mol. The number of hydrogen-bond acceptors (Lipinski definition) is 2. The molecule has 1 fully saturated rings. The summed E-state index contributed by atoms with van der Waals surface area (Å²) in [6, 6.07) is 0. The lowest BCUT2D eigenvalue weighted by Crippen LogP contribution is -2.30. The lowest BCUT2D eigenvalue weighted by atomic mass is 10.2. The molecular formula is C5H11NOS. The van der Waals surface area contributed by atoms with E-state index in [-0.39, 0.29) is 5.37 Å². The minimum Gasteiger partial charge on any atom is -0.317 e. The van der Waals surface area contributed by atoms with E-state index >= 15 is 0 Å². The van der Waals surface area contributed by atoms with E-state index in [1.165, 1.54) is 0 Å². The van der Waals surface area contributed by atoms with Gasteiger partial charge in [-0.25, -0.2) is 0 Å². The molecule has 0 aliphatic carbocycles. The van der Waals surface area contributed by atoms with Crippen LogP contribution in [0.2, 0.25) is 0 Å². The lowest BCUT2D eigenvalue weighted by molar-refractivity contribution is 0.615. The largest absolute Gasteiger partial charge is 0.317 e. The first-order chi connectivity index (χ1) is 3.80. The van der Waals surface area contributed by atoms with E-state index in [9.17, 15) is 4.21 Å². The van der Waals surface area contributed by atoms with Gasteiger partial charge in [-0.05, 0) is 12.8 Å². The van der Waals surface area contributed by atoms with E-state index in [1.54, 1.807) is 0 Å². The predicted octanol–water partition coefficient (Wildman–Crippen LogP) is 0.204. The van der Waals surface area contributed by atoms with Crippen LogP contribution in [0.15, 0.2) is 0 Å². The first-order valence-corrected chi connectivity index (χ1v) is 4.31. The smallest absolute Gasteiger partial charge is 0.0810 e. The van der Waals surface area contributed by atoms with Crippen LogP contribution in [0.1, 0.15) is 19.3 Å². The van der Waals surface area contributed by atoms with Crippen molar-refractivity contribution in [3.8, 4) is 0 Å². The molecule has 0 saturated carbocycles. The summed E-state index contributed by atoms with van der Waals surface area (Å²) in [6.45, 7) is 0. The van der Waals surface area contributed by atoms with Crippen molar-refractivity contribution >= 4 is 10.8 Å². The van der Waals surface area contributed by atoms with Crippen molar-refractivity contribution in [1.29, 1.82) is 0 Å². The van der Waals surface area contributed by atoms with Crippen molar-refractivity contribution in [1.82, 2.24) is 0 Å². The van der Waals surface area contributed by atoms with Crippen LogP contribution in [0.25, 0.3) is 0 Å². The van der Waals surface area contributed by atoms with Crippen molar-refractivity contribution in [2.75, 3.05) is 5.75 Å². The Bertz CT molecular complexity index is 105. The van der Waals surface area contributed by atoms with E-state index in [2.05, 4.69) is 0 Å². The van der Waals surface area contributed by atoms with E-state index < -0.39 is 10.8 Å². The van der Waals surface area contributed by atoms with E-state index in [0.29, 0.717) is 0 Å². The minimum atomic E-state index is -0.707. The topological polar surface area (TPSA) is 43.1 Å². The summed E-state index contributed by atoms with van der Waals surface area (Å²) in [6.07, 6.45) is 3.21. The second-order valence-electron chi connectivity index (χ2n) is 2.12. The second-order valence-corrected chi connectivity index (χ2v) is 3.89. The summed E-state index contributed by atoms with van der Waals surface area (Å²) in [5.74, 6) is 0.821. The van der Waals surface area contributed by atoms with E-state index in [0.717, 1.165) is 25.0 Å². The van der Waals surface area contributed by atoms with Gasteiger partial charge in [-0.2, -0.15) is 0 Å². The van der Waals surface area contributed by atoms with Crippen molar-refractivity contribution in [2.24, 2.45) is 5.73 Å². The molecule has 0 radical (unpaired) electrons. The Kier molecular flexibility index (Phi) is 2.02. The molecule has 1 aliphatic rings. The number of hydrogen-bond donors (Lipinski definition) is 1. The third-order valence-corrected chi connectivity index (χ3v) is 3.02. The minimum absolute atomic E-state index is 0.0243. The Balaban J connectivity index is 2.39. The summed E-state index contributed by atoms with van der Waals surface area (Å²) in [4.78, 5) is 0. The van der Waals surface area contributed by atoms with Gasteiger partial charge in [0.2, 0.25) is 0 Å². The Labute approximate surface area is 51.9 Å². The SMILES string of the molecule is NC1CCCCS1=O. The van der Waals surface area contributed by atoms with E-state index in [1.807, 2.05) is 0 Å². The summed E-state index contributed by atoms with van der Waals surface area (Å²) >= 11 is 0. The third kappa shape index (κ3) is 1.29. The highest BCUT2D eigenvalue weighted by Gasteiger charge is 2.15. The van der Waals surface area contributed by atoms with Crippen LogP contribution in [0.4, 0.5) is 0 Å². The molecule has 2 nitrogen and oxygen atoms in total. The molecule has 48 valence electrons. The summed E-state index contributed by atoms with van der Waals surface area (Å²) < 4.78 is 10.8. The standard InChI is InChI=1S/C5H11NOS/c6-5-3-1-2-4-8(5)7/h5H,1-4,6H2. The second kappa shape index (κ2) is 2.60. The Morgan fingerprint density at radius 1 is 1.50 bits per heavy atom. The summed E-state index contributed by atoms with van der Waals surface area (Å²) in [7, 11) is -0.707. The van der Waals surface area contributed by atoms with Crippen molar-refractivity contribution in [3.05, 3.63) is 0 Å². The molecule has 1 aliphatic heterocycles. The molecule has 0 bridgehead atoms. The molecule has 0 aromatic carbocycles. The van der Waals surface area contributed by atoms with Gasteiger partial charge in [0.25, 0.3) is 0 Å². The molecule has 1 rings (SSSR count). The molecule has 2 N–H and O–H groups in total. The molecule has 1 saturated heterocycles. The zero-order valence-corrected chi connectivity index (χ0v) is 5.62. The van der Waals surface area contributed by atoms with Crippen LogP contribution in [0.5, 0.6) is 0 Å². The lowest BCUT2D eigenvalue weighted by Gasteiger charge is -2.15. The van der Waals surface area contributed by atoms with Crippen molar-refractivity contribution in [2.45, 2.75) is 24.6 Å². The molecule has 8 heavy (non-hydrogen) atoms. The van der Waals surface area contributed by atoms with Gasteiger partial charge in [-0.3, -0.25) is 4.21 Å². The van der Waals surface area contributed by atoms with Crippen LogP contribution in [-0.2, 0) is 10.8 Å². The molecule has 0 amide bonds. The van der Waals surface area contributed by atoms with Gasteiger partial charge in [0.05, 0.1) is 5.37 Å². The molecule has 1 heterocycles. The quantitative estimate of drug-likeness (QED) is 0.513. The molecule has 0 aromatic heterocycles. The van der Waals surface area contributed by atoms with Crippen LogP contribution >= 0.6 is 0 Å². The maximum absolute atomic E-state index is 10.8. The summed E-state index contributed by atoms with van der Waals surface area (Å²) in [5, 5.41) is -0.0243. The highest BCUT2D eigenvalue weighted by molar-refractivity contribution is 7.85. The molecule has 0 aromatic rings. The number of nitrogens with two attached hydrogens (primary N) is 1. The van der Waals surface area contributed by atoms with Crippen molar-refractivity contribution < 1.29 is 4.21 Å². The van der Waals surface area contributed by atoms with Crippen LogP contribution in [0, 0.1) is 0 Å². The fraction of sp³-hybridized carbons (Fsp3) is 1.00. The Morgan fingerprint density at radius 2 is 2.25 bits per heavy atom. The van der Waals surface area contributed by atoms with Crippen molar-refractivity contribution in [3.63, 3.8) is 0 Å². The van der Waals surface area contributed by atoms with Gasteiger partial charge in [-0.15, -0.1) is 0 Å². The molecule has 0 spiro atoms. The van der Waals surface area contributed by atoms with Crippen LogP contribution in [-0.4, -0.2) is 15.3 Å². The van der Waals surface area contributed by atoms with Gasteiger partial charge in [0.15, 0.2) is 0 Å². The fourth-order valence-electron chi connectivity index (χ4n) is 0.873. The first kappa shape index (κ1) is 6.23. The van der Waals surface area contributed by atoms with Gasteiger partial charge in [-0.1, -0.05) is 6.42 Å². The summed E-state index contributed by atoms with van der Waals surface area (Å²) in [5.41, 5.74) is 5.48. The average molecular weight is 133 g/mol. The number of rotatable bonds is 0. The molecular weight excluding hydrogens is 122 g/mol. The maximum Gasteiger partial charge on any atom is 0.0810 e. The van der Waals surface area contributed by atoms with Crippen LogP contribution < -0.4 is 5.73 Å². The molecule has 2 unspecified atom stereocenters. The van der Waals surface area contributed by atoms with Crippen LogP contribution in [0.3, 0.4) is 0 Å². The average Bonchev–Trinajstić information content (AvgIpc) is 1.77. The highest BCUT2D eigenvalue weighted by atomic mass is 32.2. The highest BCUT2D eigenvalue weighted by Crippen LogP contribution is 2.10. The van der Waals surface area contributed by atoms with Gasteiger partial charge >= 0.3 is 0 Å². The molecule has 2 atom stereocenters. The Morgan fingerprint density at radius 3 is 2.62 bits per heavy atom. The monoisotopic (exact) mass is 133 g/mol. The normalized spacial score (nSPS) is 39.6. The third-order valence-electron chi connectivity index (χ3n) is 1.42. The van der Waals surface area contributed by atoms with Gasteiger partial charge in [0, 0.05) is 16.6 Å². The molecule has 3 heteroatoms. The zero-order chi connectivity index (χ0) is 5.98. The first-order valence-electron chi connectivity index (χ1n) is 2.93. The fourth-order valence-corrected chi connectivity index (χ4v) is 2.09. The zero-order valence-electron chi connectivity index (χ0n) is 4.80. The maximum atomic E-state index is 10.8. The van der Waals surface area contributed by atoms with E-state index in [4.69, 9.17) is 5.73 Å². The van der Waals surface area contributed by atoms with Gasteiger partial charge in [0.1, 0.15) is 0 Å². The van der Waals surface area contributed by atoms with Gasteiger partial charge < -0.3 is 5.73 Å².